The first-order valence-corrected chi connectivity index (χ1v) is 6.99. The molecule has 0 amide bonds. The summed E-state index contributed by atoms with van der Waals surface area (Å²) in [6.45, 7) is 0. The van der Waals surface area contributed by atoms with Crippen LogP contribution in [0.1, 0.15) is 43.8 Å². The summed E-state index contributed by atoms with van der Waals surface area (Å²) >= 11 is 5.89. The standard InChI is InChI=1S/C14H15ClFN3/c15-10-6-7-12(16)11(8-10)14-17-13(18-19-14)9-4-2-1-3-5-9/h6-9H,1-5H2,(H,17,18,19). The third-order valence-electron chi connectivity index (χ3n) is 3.66. The Morgan fingerprint density at radius 2 is 2.00 bits per heavy atom. The number of halogens is 2. The highest BCUT2D eigenvalue weighted by molar-refractivity contribution is 6.30. The molecule has 1 aromatic heterocycles. The number of H-pyrrole nitrogens is 1. The van der Waals surface area contributed by atoms with Gasteiger partial charge in [-0.2, -0.15) is 5.10 Å². The number of nitrogens with one attached hydrogen (secondary N) is 1. The Labute approximate surface area is 116 Å². The second kappa shape index (κ2) is 5.29. The van der Waals surface area contributed by atoms with Crippen LogP contribution in [0.5, 0.6) is 0 Å². The molecule has 2 aromatic rings. The van der Waals surface area contributed by atoms with Gasteiger partial charge in [0.05, 0.1) is 5.56 Å². The van der Waals surface area contributed by atoms with E-state index in [-0.39, 0.29) is 5.82 Å². The quantitative estimate of drug-likeness (QED) is 0.890. The summed E-state index contributed by atoms with van der Waals surface area (Å²) in [5.41, 5.74) is 0.353. The van der Waals surface area contributed by atoms with Gasteiger partial charge in [-0.1, -0.05) is 30.9 Å². The van der Waals surface area contributed by atoms with Crippen molar-refractivity contribution in [2.45, 2.75) is 38.0 Å². The van der Waals surface area contributed by atoms with Crippen LogP contribution in [-0.2, 0) is 0 Å². The van der Waals surface area contributed by atoms with E-state index >= 15 is 0 Å². The van der Waals surface area contributed by atoms with E-state index in [9.17, 15) is 4.39 Å². The SMILES string of the molecule is Fc1ccc(Cl)cc1-c1n[nH]c(C2CCCCC2)n1. The molecular weight excluding hydrogens is 265 g/mol. The average molecular weight is 280 g/mol. The van der Waals surface area contributed by atoms with Crippen molar-refractivity contribution in [3.05, 3.63) is 34.9 Å². The number of benzene rings is 1. The van der Waals surface area contributed by atoms with E-state index in [0.717, 1.165) is 18.7 Å². The van der Waals surface area contributed by atoms with Crippen LogP contribution in [0, 0.1) is 5.82 Å². The summed E-state index contributed by atoms with van der Waals surface area (Å²) in [5, 5.41) is 7.57. The van der Waals surface area contributed by atoms with Crippen LogP contribution >= 0.6 is 11.6 Å². The van der Waals surface area contributed by atoms with Gasteiger partial charge in [-0.25, -0.2) is 9.37 Å². The maximum atomic E-state index is 13.8. The molecule has 100 valence electrons. The van der Waals surface area contributed by atoms with Crippen LogP contribution in [0.15, 0.2) is 18.2 Å². The number of rotatable bonds is 2. The number of nitrogens with zero attached hydrogens (tertiary/aromatic N) is 2. The zero-order chi connectivity index (χ0) is 13.2. The summed E-state index contributed by atoms with van der Waals surface area (Å²) in [6, 6.07) is 4.42. The van der Waals surface area contributed by atoms with Crippen molar-refractivity contribution in [1.29, 1.82) is 0 Å². The van der Waals surface area contributed by atoms with Crippen LogP contribution in [0.3, 0.4) is 0 Å². The Kier molecular flexibility index (Phi) is 3.51. The number of hydrogen-bond acceptors (Lipinski definition) is 2. The van der Waals surface area contributed by atoms with Crippen molar-refractivity contribution < 1.29 is 4.39 Å². The summed E-state index contributed by atoms with van der Waals surface area (Å²) in [5.74, 6) is 1.34. The molecule has 5 heteroatoms. The van der Waals surface area contributed by atoms with Crippen molar-refractivity contribution in [2.75, 3.05) is 0 Å². The van der Waals surface area contributed by atoms with Crippen molar-refractivity contribution in [2.24, 2.45) is 0 Å². The second-order valence-corrected chi connectivity index (χ2v) is 5.44. The maximum absolute atomic E-state index is 13.8. The molecule has 1 aliphatic rings. The molecular formula is C14H15ClFN3. The highest BCUT2D eigenvalue weighted by Gasteiger charge is 2.20. The van der Waals surface area contributed by atoms with Gasteiger partial charge in [0.25, 0.3) is 0 Å². The van der Waals surface area contributed by atoms with Crippen LogP contribution in [0.2, 0.25) is 5.02 Å². The molecule has 1 aliphatic carbocycles. The minimum absolute atomic E-state index is 0.349. The number of aromatic nitrogens is 3. The van der Waals surface area contributed by atoms with Crippen molar-refractivity contribution >= 4 is 11.6 Å². The first kappa shape index (κ1) is 12.6. The Morgan fingerprint density at radius 1 is 1.21 bits per heavy atom. The van der Waals surface area contributed by atoms with E-state index in [0.29, 0.717) is 22.3 Å². The molecule has 1 saturated carbocycles. The summed E-state index contributed by atoms with van der Waals surface area (Å²) in [4.78, 5) is 4.44. The highest BCUT2D eigenvalue weighted by atomic mass is 35.5. The van der Waals surface area contributed by atoms with Gasteiger partial charge >= 0.3 is 0 Å². The zero-order valence-corrected chi connectivity index (χ0v) is 11.3. The Hall–Kier alpha value is -1.42. The molecule has 0 aliphatic heterocycles. The smallest absolute Gasteiger partial charge is 0.184 e. The van der Waals surface area contributed by atoms with Gasteiger partial charge in [0.2, 0.25) is 0 Å². The van der Waals surface area contributed by atoms with Crippen LogP contribution in [-0.4, -0.2) is 15.2 Å². The minimum Gasteiger partial charge on any atom is -0.262 e. The minimum atomic E-state index is -0.349. The average Bonchev–Trinajstić information content (AvgIpc) is 2.92. The molecule has 0 saturated heterocycles. The largest absolute Gasteiger partial charge is 0.262 e. The monoisotopic (exact) mass is 279 g/mol. The summed E-state index contributed by atoms with van der Waals surface area (Å²) in [6.07, 6.45) is 6.01. The van der Waals surface area contributed by atoms with Crippen molar-refractivity contribution in [1.82, 2.24) is 15.2 Å². The molecule has 1 fully saturated rings. The molecule has 0 atom stereocenters. The van der Waals surface area contributed by atoms with Gasteiger partial charge in [0.15, 0.2) is 5.82 Å². The van der Waals surface area contributed by atoms with Crippen LogP contribution in [0.25, 0.3) is 11.4 Å². The molecule has 0 unspecified atom stereocenters. The lowest BCUT2D eigenvalue weighted by atomic mass is 9.89. The maximum Gasteiger partial charge on any atom is 0.184 e. The third-order valence-corrected chi connectivity index (χ3v) is 3.90. The fraction of sp³-hybridized carbons (Fsp3) is 0.429. The van der Waals surface area contributed by atoms with Crippen molar-refractivity contribution in [3.63, 3.8) is 0 Å². The lowest BCUT2D eigenvalue weighted by Gasteiger charge is -2.18. The molecule has 19 heavy (non-hydrogen) atoms. The molecule has 1 heterocycles. The highest BCUT2D eigenvalue weighted by Crippen LogP contribution is 2.32. The third kappa shape index (κ3) is 2.63. The van der Waals surface area contributed by atoms with E-state index in [4.69, 9.17) is 11.6 Å². The lowest BCUT2D eigenvalue weighted by molar-refractivity contribution is 0.429. The lowest BCUT2D eigenvalue weighted by Crippen LogP contribution is -2.06. The molecule has 0 spiro atoms. The Balaban J connectivity index is 1.89. The normalized spacial score (nSPS) is 16.7. The zero-order valence-electron chi connectivity index (χ0n) is 10.5. The van der Waals surface area contributed by atoms with E-state index in [2.05, 4.69) is 15.2 Å². The van der Waals surface area contributed by atoms with Crippen molar-refractivity contribution in [3.8, 4) is 11.4 Å². The Bertz CT molecular complexity index is 576. The van der Waals surface area contributed by atoms with Gasteiger partial charge in [0.1, 0.15) is 11.6 Å². The van der Waals surface area contributed by atoms with E-state index in [1.165, 1.54) is 31.4 Å². The predicted octanol–water partition coefficient (Wildman–Crippen LogP) is 4.31. The molecule has 1 N–H and O–H groups in total. The van der Waals surface area contributed by atoms with Gasteiger partial charge in [-0.15, -0.1) is 0 Å². The summed E-state index contributed by atoms with van der Waals surface area (Å²) < 4.78 is 13.8. The molecule has 3 nitrogen and oxygen atoms in total. The topological polar surface area (TPSA) is 41.6 Å². The fourth-order valence-corrected chi connectivity index (χ4v) is 2.79. The van der Waals surface area contributed by atoms with Gasteiger partial charge in [0, 0.05) is 10.9 Å². The molecule has 0 radical (unpaired) electrons. The van der Waals surface area contributed by atoms with E-state index in [1.807, 2.05) is 0 Å². The Morgan fingerprint density at radius 3 is 2.79 bits per heavy atom. The predicted molar refractivity (Wildman–Crippen MR) is 72.6 cm³/mol. The number of hydrogen-bond donors (Lipinski definition) is 1. The first-order chi connectivity index (χ1) is 9.24. The summed E-state index contributed by atoms with van der Waals surface area (Å²) in [7, 11) is 0. The number of aromatic amines is 1. The molecule has 0 bridgehead atoms. The fourth-order valence-electron chi connectivity index (χ4n) is 2.62. The van der Waals surface area contributed by atoms with Gasteiger partial charge in [-0.05, 0) is 31.0 Å². The van der Waals surface area contributed by atoms with Crippen LogP contribution < -0.4 is 0 Å². The first-order valence-electron chi connectivity index (χ1n) is 6.62. The molecule has 1 aromatic carbocycles. The van der Waals surface area contributed by atoms with Crippen LogP contribution in [0.4, 0.5) is 4.39 Å². The van der Waals surface area contributed by atoms with Gasteiger partial charge < -0.3 is 0 Å². The second-order valence-electron chi connectivity index (χ2n) is 5.00. The van der Waals surface area contributed by atoms with E-state index < -0.39 is 0 Å². The molecule has 3 rings (SSSR count). The van der Waals surface area contributed by atoms with E-state index in [1.54, 1.807) is 6.07 Å². The van der Waals surface area contributed by atoms with Gasteiger partial charge in [-0.3, -0.25) is 5.10 Å².